The van der Waals surface area contributed by atoms with Gasteiger partial charge in [0.2, 0.25) is 11.8 Å². The SMILES string of the molecule is COc1ccc(NCC(=O)Nc2ccccc2Br)cn1. The molecule has 20 heavy (non-hydrogen) atoms. The number of benzene rings is 1. The summed E-state index contributed by atoms with van der Waals surface area (Å²) in [4.78, 5) is 15.9. The van der Waals surface area contributed by atoms with Crippen LogP contribution >= 0.6 is 15.9 Å². The first-order valence-electron chi connectivity index (χ1n) is 5.97. The van der Waals surface area contributed by atoms with Gasteiger partial charge in [-0.05, 0) is 34.1 Å². The number of amides is 1. The predicted molar refractivity (Wildman–Crippen MR) is 82.1 cm³/mol. The number of nitrogens with zero attached hydrogens (tertiary/aromatic N) is 1. The van der Waals surface area contributed by atoms with E-state index in [1.54, 1.807) is 25.4 Å². The van der Waals surface area contributed by atoms with Crippen molar-refractivity contribution >= 4 is 33.2 Å². The third kappa shape index (κ3) is 3.96. The molecule has 0 aliphatic rings. The Kier molecular flexibility index (Phi) is 4.95. The Balaban J connectivity index is 1.87. The van der Waals surface area contributed by atoms with Crippen LogP contribution in [0.4, 0.5) is 11.4 Å². The monoisotopic (exact) mass is 335 g/mol. The summed E-state index contributed by atoms with van der Waals surface area (Å²) in [6.07, 6.45) is 1.62. The molecule has 0 saturated carbocycles. The number of hydrogen-bond donors (Lipinski definition) is 2. The van der Waals surface area contributed by atoms with Gasteiger partial charge < -0.3 is 15.4 Å². The van der Waals surface area contributed by atoms with Gasteiger partial charge in [-0.2, -0.15) is 0 Å². The van der Waals surface area contributed by atoms with Gasteiger partial charge in [0.25, 0.3) is 0 Å². The van der Waals surface area contributed by atoms with Crippen LogP contribution in [0.2, 0.25) is 0 Å². The Morgan fingerprint density at radius 3 is 2.75 bits per heavy atom. The smallest absolute Gasteiger partial charge is 0.243 e. The third-order valence-electron chi connectivity index (χ3n) is 2.55. The minimum absolute atomic E-state index is 0.132. The van der Waals surface area contributed by atoms with Crippen LogP contribution in [0.15, 0.2) is 47.1 Å². The summed E-state index contributed by atoms with van der Waals surface area (Å²) in [5.74, 6) is 0.404. The van der Waals surface area contributed by atoms with E-state index in [-0.39, 0.29) is 12.5 Å². The van der Waals surface area contributed by atoms with Crippen LogP contribution in [0, 0.1) is 0 Å². The molecule has 2 rings (SSSR count). The number of carbonyl (C=O) groups excluding carboxylic acids is 1. The molecule has 0 aliphatic heterocycles. The van der Waals surface area contributed by atoms with E-state index >= 15 is 0 Å². The van der Waals surface area contributed by atoms with Crippen molar-refractivity contribution in [3.05, 3.63) is 47.1 Å². The number of pyridine rings is 1. The van der Waals surface area contributed by atoms with Gasteiger partial charge in [0.05, 0.1) is 31.2 Å². The first-order valence-corrected chi connectivity index (χ1v) is 6.76. The maximum Gasteiger partial charge on any atom is 0.243 e. The summed E-state index contributed by atoms with van der Waals surface area (Å²) in [6, 6.07) is 11.0. The number of aromatic nitrogens is 1. The quantitative estimate of drug-likeness (QED) is 0.881. The van der Waals surface area contributed by atoms with Crippen LogP contribution in [-0.4, -0.2) is 24.5 Å². The number of anilines is 2. The minimum Gasteiger partial charge on any atom is -0.481 e. The molecule has 1 aromatic carbocycles. The largest absolute Gasteiger partial charge is 0.481 e. The number of ether oxygens (including phenoxy) is 1. The molecular formula is C14H14BrN3O2. The Morgan fingerprint density at radius 2 is 2.10 bits per heavy atom. The molecule has 1 amide bonds. The summed E-state index contributed by atoms with van der Waals surface area (Å²) in [5.41, 5.74) is 1.50. The molecule has 0 radical (unpaired) electrons. The molecule has 5 nitrogen and oxygen atoms in total. The van der Waals surface area contributed by atoms with Crippen molar-refractivity contribution in [3.63, 3.8) is 0 Å². The second-order valence-electron chi connectivity index (χ2n) is 3.97. The minimum atomic E-state index is -0.132. The number of halogens is 1. The first kappa shape index (κ1) is 14.3. The molecule has 1 aromatic heterocycles. The summed E-state index contributed by atoms with van der Waals surface area (Å²) >= 11 is 3.38. The van der Waals surface area contributed by atoms with Crippen LogP contribution in [0.25, 0.3) is 0 Å². The van der Waals surface area contributed by atoms with E-state index in [0.717, 1.165) is 15.8 Å². The molecule has 1 heterocycles. The Hall–Kier alpha value is -2.08. The summed E-state index contributed by atoms with van der Waals surface area (Å²) in [5, 5.41) is 5.80. The van der Waals surface area contributed by atoms with Crippen LogP contribution in [-0.2, 0) is 4.79 Å². The number of hydrogen-bond acceptors (Lipinski definition) is 4. The van der Waals surface area contributed by atoms with Crippen LogP contribution in [0.3, 0.4) is 0 Å². The highest BCUT2D eigenvalue weighted by Crippen LogP contribution is 2.21. The first-order chi connectivity index (χ1) is 9.69. The second-order valence-corrected chi connectivity index (χ2v) is 4.83. The fraction of sp³-hybridized carbons (Fsp3) is 0.143. The Bertz CT molecular complexity index is 587. The maximum absolute atomic E-state index is 11.8. The van der Waals surface area contributed by atoms with Gasteiger partial charge in [-0.3, -0.25) is 4.79 Å². The van der Waals surface area contributed by atoms with Crippen molar-refractivity contribution in [1.82, 2.24) is 4.98 Å². The van der Waals surface area contributed by atoms with Gasteiger partial charge in [0.15, 0.2) is 0 Å². The zero-order valence-corrected chi connectivity index (χ0v) is 12.5. The molecule has 104 valence electrons. The number of rotatable bonds is 5. The van der Waals surface area contributed by atoms with Gasteiger partial charge >= 0.3 is 0 Å². The lowest BCUT2D eigenvalue weighted by Crippen LogP contribution is -2.21. The normalized spacial score (nSPS) is 9.90. The fourth-order valence-corrected chi connectivity index (χ4v) is 1.93. The average molecular weight is 336 g/mol. The lowest BCUT2D eigenvalue weighted by atomic mass is 10.3. The number of carbonyl (C=O) groups is 1. The molecule has 6 heteroatoms. The van der Waals surface area contributed by atoms with Crippen LogP contribution in [0.1, 0.15) is 0 Å². The lowest BCUT2D eigenvalue weighted by Gasteiger charge is -2.09. The van der Waals surface area contributed by atoms with Crippen molar-refractivity contribution in [2.45, 2.75) is 0 Å². The second kappa shape index (κ2) is 6.91. The van der Waals surface area contributed by atoms with Gasteiger partial charge in [0.1, 0.15) is 0 Å². The van der Waals surface area contributed by atoms with Gasteiger partial charge in [-0.25, -0.2) is 4.98 Å². The molecule has 0 spiro atoms. The summed E-state index contributed by atoms with van der Waals surface area (Å²) in [6.45, 7) is 0.162. The van der Waals surface area contributed by atoms with E-state index in [1.165, 1.54) is 0 Å². The van der Waals surface area contributed by atoms with E-state index in [1.807, 2.05) is 24.3 Å². The van der Waals surface area contributed by atoms with Gasteiger partial charge in [0, 0.05) is 10.5 Å². The Morgan fingerprint density at radius 1 is 1.30 bits per heavy atom. The Labute approximate surface area is 125 Å². The third-order valence-corrected chi connectivity index (χ3v) is 3.24. The molecule has 0 unspecified atom stereocenters. The molecule has 0 bridgehead atoms. The van der Waals surface area contributed by atoms with E-state index in [4.69, 9.17) is 4.74 Å². The van der Waals surface area contributed by atoms with Gasteiger partial charge in [-0.1, -0.05) is 12.1 Å². The van der Waals surface area contributed by atoms with Gasteiger partial charge in [-0.15, -0.1) is 0 Å². The van der Waals surface area contributed by atoms with E-state index in [9.17, 15) is 4.79 Å². The topological polar surface area (TPSA) is 63.2 Å². The van der Waals surface area contributed by atoms with Crippen molar-refractivity contribution in [2.75, 3.05) is 24.3 Å². The molecular weight excluding hydrogens is 322 g/mol. The lowest BCUT2D eigenvalue weighted by molar-refractivity contribution is -0.114. The van der Waals surface area contributed by atoms with E-state index in [2.05, 4.69) is 31.5 Å². The predicted octanol–water partition coefficient (Wildman–Crippen LogP) is 2.90. The molecule has 2 N–H and O–H groups in total. The zero-order chi connectivity index (χ0) is 14.4. The molecule has 0 atom stereocenters. The van der Waals surface area contributed by atoms with Crippen molar-refractivity contribution < 1.29 is 9.53 Å². The van der Waals surface area contributed by atoms with Crippen molar-refractivity contribution in [3.8, 4) is 5.88 Å². The standard InChI is InChI=1S/C14H14BrN3O2/c1-20-14-7-6-10(8-17-14)16-9-13(19)18-12-5-3-2-4-11(12)15/h2-8,16H,9H2,1H3,(H,18,19). The molecule has 0 saturated heterocycles. The fourth-order valence-electron chi connectivity index (χ4n) is 1.54. The van der Waals surface area contributed by atoms with Crippen LogP contribution < -0.4 is 15.4 Å². The maximum atomic E-state index is 11.8. The van der Waals surface area contributed by atoms with E-state index < -0.39 is 0 Å². The average Bonchev–Trinajstić information content (AvgIpc) is 2.48. The molecule has 0 aliphatic carbocycles. The summed E-state index contributed by atoms with van der Waals surface area (Å²) < 4.78 is 5.81. The van der Waals surface area contributed by atoms with Crippen molar-refractivity contribution in [1.29, 1.82) is 0 Å². The van der Waals surface area contributed by atoms with Crippen LogP contribution in [0.5, 0.6) is 5.88 Å². The number of para-hydroxylation sites is 1. The van der Waals surface area contributed by atoms with Crippen molar-refractivity contribution in [2.24, 2.45) is 0 Å². The molecule has 0 fully saturated rings. The van der Waals surface area contributed by atoms with E-state index in [0.29, 0.717) is 5.88 Å². The zero-order valence-electron chi connectivity index (χ0n) is 10.9. The number of methoxy groups -OCH3 is 1. The highest BCUT2D eigenvalue weighted by molar-refractivity contribution is 9.10. The summed E-state index contributed by atoms with van der Waals surface area (Å²) in [7, 11) is 1.56. The number of nitrogens with one attached hydrogen (secondary N) is 2. The highest BCUT2D eigenvalue weighted by Gasteiger charge is 2.05. The highest BCUT2D eigenvalue weighted by atomic mass is 79.9. The molecule has 2 aromatic rings.